The molecule has 2 bridgehead atoms. The van der Waals surface area contributed by atoms with Crippen molar-refractivity contribution in [3.05, 3.63) is 0 Å². The largest absolute Gasteiger partial charge is 0.393 e. The van der Waals surface area contributed by atoms with Gasteiger partial charge < -0.3 is 5.11 Å². The van der Waals surface area contributed by atoms with Gasteiger partial charge in [-0.25, -0.2) is 0 Å². The summed E-state index contributed by atoms with van der Waals surface area (Å²) in [7, 11) is 0. The van der Waals surface area contributed by atoms with Crippen LogP contribution in [-0.2, 0) is 0 Å². The molecule has 80 valence electrons. The van der Waals surface area contributed by atoms with E-state index in [1.54, 1.807) is 0 Å². The molecule has 0 saturated heterocycles. The summed E-state index contributed by atoms with van der Waals surface area (Å²) in [6.45, 7) is 0. The highest BCUT2D eigenvalue weighted by atomic mass is 16.3. The zero-order chi connectivity index (χ0) is 9.54. The molecule has 0 heterocycles. The third-order valence-corrected chi connectivity index (χ3v) is 5.13. The van der Waals surface area contributed by atoms with E-state index in [1.807, 2.05) is 0 Å². The molecule has 0 spiro atoms. The second kappa shape index (κ2) is 3.52. The van der Waals surface area contributed by atoms with Gasteiger partial charge in [0.2, 0.25) is 0 Å². The summed E-state index contributed by atoms with van der Waals surface area (Å²) in [5, 5.41) is 10.2. The van der Waals surface area contributed by atoms with Crippen LogP contribution in [0.5, 0.6) is 0 Å². The summed E-state index contributed by atoms with van der Waals surface area (Å²) >= 11 is 0. The Morgan fingerprint density at radius 3 is 2.07 bits per heavy atom. The van der Waals surface area contributed by atoms with Crippen LogP contribution in [0, 0.1) is 23.7 Å². The van der Waals surface area contributed by atoms with E-state index in [0.717, 1.165) is 11.8 Å². The normalized spacial score (nSPS) is 48.6. The van der Waals surface area contributed by atoms with Crippen molar-refractivity contribution in [2.75, 3.05) is 0 Å². The minimum absolute atomic E-state index is 0.0804. The number of aliphatic hydroxyl groups is 1. The number of hydrogen-bond donors (Lipinski definition) is 1. The molecular formula is C13H22O. The van der Waals surface area contributed by atoms with Crippen LogP contribution in [0.25, 0.3) is 0 Å². The predicted molar refractivity (Wildman–Crippen MR) is 56.9 cm³/mol. The lowest BCUT2D eigenvalue weighted by Crippen LogP contribution is -2.34. The van der Waals surface area contributed by atoms with Gasteiger partial charge in [-0.05, 0) is 42.9 Å². The molecule has 1 heteroatoms. The fourth-order valence-corrected chi connectivity index (χ4v) is 4.49. The van der Waals surface area contributed by atoms with Gasteiger partial charge in [0.05, 0.1) is 6.10 Å². The topological polar surface area (TPSA) is 20.2 Å². The Kier molecular flexibility index (Phi) is 2.31. The average molecular weight is 194 g/mol. The number of hydrogen-bond acceptors (Lipinski definition) is 1. The highest BCUT2D eigenvalue weighted by Gasteiger charge is 2.49. The molecule has 3 rings (SSSR count). The summed E-state index contributed by atoms with van der Waals surface area (Å²) < 4.78 is 0. The molecule has 0 aromatic carbocycles. The summed E-state index contributed by atoms with van der Waals surface area (Å²) in [6.07, 6.45) is 11.3. The van der Waals surface area contributed by atoms with Crippen molar-refractivity contribution >= 4 is 0 Å². The van der Waals surface area contributed by atoms with E-state index >= 15 is 0 Å². The second-order valence-electron chi connectivity index (χ2n) is 5.80. The SMILES string of the molecule is OC1[C@H]2CC[C@H](C2)[C@@H]1C1CCCCC1. The fourth-order valence-electron chi connectivity index (χ4n) is 4.49. The Balaban J connectivity index is 1.71. The standard InChI is InChI=1S/C13H22O/c14-13-11-7-6-10(8-11)12(13)9-4-2-1-3-5-9/h9-14H,1-8H2/t10-,11+,12+,13?/m1/s1. The minimum atomic E-state index is 0.0804. The monoisotopic (exact) mass is 194 g/mol. The van der Waals surface area contributed by atoms with Gasteiger partial charge in [-0.2, -0.15) is 0 Å². The lowest BCUT2D eigenvalue weighted by atomic mass is 9.71. The van der Waals surface area contributed by atoms with Crippen molar-refractivity contribution in [1.29, 1.82) is 0 Å². The molecule has 4 atom stereocenters. The Morgan fingerprint density at radius 1 is 0.714 bits per heavy atom. The van der Waals surface area contributed by atoms with Crippen LogP contribution in [0.4, 0.5) is 0 Å². The first-order valence-electron chi connectivity index (χ1n) is 6.54. The zero-order valence-corrected chi connectivity index (χ0v) is 8.99. The third-order valence-electron chi connectivity index (χ3n) is 5.13. The third kappa shape index (κ3) is 1.32. The van der Waals surface area contributed by atoms with Gasteiger partial charge in [-0.1, -0.05) is 32.1 Å². The van der Waals surface area contributed by atoms with E-state index in [4.69, 9.17) is 0 Å². The molecule has 0 aromatic rings. The summed E-state index contributed by atoms with van der Waals surface area (Å²) in [5.41, 5.74) is 0. The van der Waals surface area contributed by atoms with Crippen LogP contribution >= 0.6 is 0 Å². The summed E-state index contributed by atoms with van der Waals surface area (Å²) in [4.78, 5) is 0. The van der Waals surface area contributed by atoms with Gasteiger partial charge in [0, 0.05) is 0 Å². The van der Waals surface area contributed by atoms with E-state index in [2.05, 4.69) is 0 Å². The molecule has 3 aliphatic rings. The van der Waals surface area contributed by atoms with Crippen molar-refractivity contribution in [2.45, 2.75) is 57.5 Å². The van der Waals surface area contributed by atoms with Crippen molar-refractivity contribution in [3.8, 4) is 0 Å². The van der Waals surface area contributed by atoms with E-state index in [1.165, 1.54) is 51.4 Å². The maximum absolute atomic E-state index is 10.2. The number of fused-ring (bicyclic) bond motifs is 2. The van der Waals surface area contributed by atoms with Crippen LogP contribution in [-0.4, -0.2) is 11.2 Å². The maximum atomic E-state index is 10.2. The van der Waals surface area contributed by atoms with Crippen LogP contribution in [0.15, 0.2) is 0 Å². The Labute approximate surface area is 86.9 Å². The first-order chi connectivity index (χ1) is 6.86. The molecule has 0 amide bonds. The van der Waals surface area contributed by atoms with Crippen molar-refractivity contribution in [2.24, 2.45) is 23.7 Å². The molecule has 1 unspecified atom stereocenters. The molecule has 1 nitrogen and oxygen atoms in total. The Morgan fingerprint density at radius 2 is 1.43 bits per heavy atom. The molecular weight excluding hydrogens is 172 g/mol. The van der Waals surface area contributed by atoms with Gasteiger partial charge in [0.25, 0.3) is 0 Å². The molecule has 14 heavy (non-hydrogen) atoms. The molecule has 0 aliphatic heterocycles. The zero-order valence-electron chi connectivity index (χ0n) is 8.99. The molecule has 0 aromatic heterocycles. The molecule has 3 aliphatic carbocycles. The highest BCUT2D eigenvalue weighted by Crippen LogP contribution is 2.53. The van der Waals surface area contributed by atoms with E-state index in [0.29, 0.717) is 11.8 Å². The summed E-state index contributed by atoms with van der Waals surface area (Å²) in [5.74, 6) is 3.17. The Bertz CT molecular complexity index is 205. The predicted octanol–water partition coefficient (Wildman–Crippen LogP) is 2.97. The first-order valence-corrected chi connectivity index (χ1v) is 6.54. The van der Waals surface area contributed by atoms with E-state index < -0.39 is 0 Å². The van der Waals surface area contributed by atoms with Crippen LogP contribution in [0.2, 0.25) is 0 Å². The first kappa shape index (κ1) is 9.21. The van der Waals surface area contributed by atoms with Crippen molar-refractivity contribution in [3.63, 3.8) is 0 Å². The van der Waals surface area contributed by atoms with Gasteiger partial charge in [0.15, 0.2) is 0 Å². The van der Waals surface area contributed by atoms with Gasteiger partial charge >= 0.3 is 0 Å². The molecule has 3 fully saturated rings. The molecule has 1 N–H and O–H groups in total. The van der Waals surface area contributed by atoms with Crippen LogP contribution in [0.1, 0.15) is 51.4 Å². The van der Waals surface area contributed by atoms with Gasteiger partial charge in [-0.3, -0.25) is 0 Å². The highest BCUT2D eigenvalue weighted by molar-refractivity contribution is 4.99. The lowest BCUT2D eigenvalue weighted by Gasteiger charge is -2.36. The quantitative estimate of drug-likeness (QED) is 0.680. The summed E-state index contributed by atoms with van der Waals surface area (Å²) in [6, 6.07) is 0. The smallest absolute Gasteiger partial charge is 0.0601 e. The van der Waals surface area contributed by atoms with E-state index in [9.17, 15) is 5.11 Å². The van der Waals surface area contributed by atoms with Gasteiger partial charge in [-0.15, -0.1) is 0 Å². The van der Waals surface area contributed by atoms with Crippen LogP contribution in [0.3, 0.4) is 0 Å². The molecule has 0 radical (unpaired) electrons. The van der Waals surface area contributed by atoms with E-state index in [-0.39, 0.29) is 6.10 Å². The Hall–Kier alpha value is -0.0400. The second-order valence-corrected chi connectivity index (χ2v) is 5.80. The van der Waals surface area contributed by atoms with Crippen molar-refractivity contribution in [1.82, 2.24) is 0 Å². The minimum Gasteiger partial charge on any atom is -0.393 e. The maximum Gasteiger partial charge on any atom is 0.0601 e. The average Bonchev–Trinajstić information content (AvgIpc) is 2.79. The fraction of sp³-hybridized carbons (Fsp3) is 1.00. The molecule has 3 saturated carbocycles. The van der Waals surface area contributed by atoms with Crippen LogP contribution < -0.4 is 0 Å². The number of aliphatic hydroxyl groups excluding tert-OH is 1. The van der Waals surface area contributed by atoms with Gasteiger partial charge in [0.1, 0.15) is 0 Å². The lowest BCUT2D eigenvalue weighted by molar-refractivity contribution is 0.0174. The number of rotatable bonds is 1. The van der Waals surface area contributed by atoms with Crippen molar-refractivity contribution < 1.29 is 5.11 Å².